The van der Waals surface area contributed by atoms with Gasteiger partial charge in [0.2, 0.25) is 0 Å². The van der Waals surface area contributed by atoms with E-state index in [1.54, 1.807) is 11.4 Å². The van der Waals surface area contributed by atoms with Crippen LogP contribution < -0.4 is 9.96 Å². The van der Waals surface area contributed by atoms with Crippen molar-refractivity contribution in [3.05, 3.63) is 48.8 Å². The zero-order valence-corrected chi connectivity index (χ0v) is 18.3. The molecule has 0 saturated carbocycles. The van der Waals surface area contributed by atoms with E-state index in [1.807, 2.05) is 52.0 Å². The van der Waals surface area contributed by atoms with Crippen molar-refractivity contribution in [1.82, 2.24) is 0 Å². The first-order valence-corrected chi connectivity index (χ1v) is 12.8. The van der Waals surface area contributed by atoms with Gasteiger partial charge in [0.15, 0.2) is 0 Å². The molecule has 0 atom stereocenters. The maximum atomic E-state index is 5.84. The maximum absolute atomic E-state index is 5.84. The smallest absolute Gasteiger partial charge is 0.376 e. The van der Waals surface area contributed by atoms with E-state index < -0.39 is 17.4 Å². The lowest BCUT2D eigenvalue weighted by molar-refractivity contribution is 0.200. The minimum atomic E-state index is -2.67. The molecule has 0 amide bonds. The largest absolute Gasteiger partial charge is 0.484 e. The van der Waals surface area contributed by atoms with Crippen molar-refractivity contribution in [2.24, 2.45) is 0 Å². The molecule has 2 N–H and O–H groups in total. The lowest BCUT2D eigenvalue weighted by Gasteiger charge is -2.29. The molecule has 8 heteroatoms. The summed E-state index contributed by atoms with van der Waals surface area (Å²) in [6.45, 7) is 17.8. The van der Waals surface area contributed by atoms with Crippen LogP contribution in [0.4, 0.5) is 11.4 Å². The monoisotopic (exact) mass is 396 g/mol. The summed E-state index contributed by atoms with van der Waals surface area (Å²) in [5, 5.41) is 0. The van der Waals surface area contributed by atoms with Gasteiger partial charge in [0.1, 0.15) is 0 Å². The Morgan fingerprint density at radius 1 is 0.692 bits per heavy atom. The number of nitrogens with one attached hydrogen (secondary N) is 2. The molecule has 0 saturated heterocycles. The Hall–Kier alpha value is -1.43. The highest BCUT2D eigenvalue weighted by Gasteiger charge is 2.36. The Balaban J connectivity index is 2.92. The van der Waals surface area contributed by atoms with Crippen LogP contribution >= 0.6 is 0 Å². The molecular formula is C18H32N2O4Si2. The third-order valence-corrected chi connectivity index (χ3v) is 8.71. The van der Waals surface area contributed by atoms with E-state index in [0.29, 0.717) is 26.4 Å². The zero-order valence-electron chi connectivity index (χ0n) is 16.3. The Labute approximate surface area is 159 Å². The summed E-state index contributed by atoms with van der Waals surface area (Å²) in [6.07, 6.45) is 0. The SMILES string of the molecule is C=C[Si](Nc1ccc(N[Si](C=C)(OCC)OCC)cc1)(OCC)OCC. The van der Waals surface area contributed by atoms with Gasteiger partial charge in [0, 0.05) is 37.8 Å². The molecule has 0 unspecified atom stereocenters. The first kappa shape index (κ1) is 22.6. The molecule has 1 aromatic carbocycles. The van der Waals surface area contributed by atoms with Gasteiger partial charge in [-0.25, -0.2) is 0 Å². The minimum Gasteiger partial charge on any atom is -0.376 e. The first-order valence-electron chi connectivity index (χ1n) is 9.01. The van der Waals surface area contributed by atoms with Gasteiger partial charge < -0.3 is 27.7 Å². The number of rotatable bonds is 14. The summed E-state index contributed by atoms with van der Waals surface area (Å²) in [5.74, 6) is 0. The van der Waals surface area contributed by atoms with Crippen LogP contribution in [0.15, 0.2) is 48.8 Å². The van der Waals surface area contributed by atoms with Crippen LogP contribution in [0, 0.1) is 0 Å². The molecule has 0 aliphatic carbocycles. The minimum absolute atomic E-state index is 0.557. The Kier molecular flexibility index (Phi) is 9.85. The summed E-state index contributed by atoms with van der Waals surface area (Å²) >= 11 is 0. The normalized spacial score (nSPS) is 11.8. The molecule has 26 heavy (non-hydrogen) atoms. The topological polar surface area (TPSA) is 61.0 Å². The second kappa shape index (κ2) is 11.3. The predicted molar refractivity (Wildman–Crippen MR) is 112 cm³/mol. The van der Waals surface area contributed by atoms with Gasteiger partial charge in [-0.05, 0) is 63.4 Å². The number of hydrogen-bond acceptors (Lipinski definition) is 6. The van der Waals surface area contributed by atoms with Gasteiger partial charge in [0.05, 0.1) is 0 Å². The molecule has 1 aromatic rings. The van der Waals surface area contributed by atoms with E-state index in [4.69, 9.17) is 17.7 Å². The third kappa shape index (κ3) is 6.38. The fourth-order valence-corrected chi connectivity index (χ4v) is 6.45. The molecule has 0 fully saturated rings. The van der Waals surface area contributed by atoms with Crippen LogP contribution in [0.3, 0.4) is 0 Å². The molecule has 0 aliphatic heterocycles. The third-order valence-electron chi connectivity index (χ3n) is 3.49. The van der Waals surface area contributed by atoms with Crippen molar-refractivity contribution < 1.29 is 17.7 Å². The van der Waals surface area contributed by atoms with E-state index >= 15 is 0 Å². The van der Waals surface area contributed by atoms with E-state index in [0.717, 1.165) is 11.4 Å². The fourth-order valence-electron chi connectivity index (χ4n) is 2.46. The van der Waals surface area contributed by atoms with Crippen LogP contribution in [0.5, 0.6) is 0 Å². The zero-order chi connectivity index (χ0) is 19.5. The highest BCUT2D eigenvalue weighted by atomic mass is 28.4. The Bertz CT molecular complexity index is 494. The van der Waals surface area contributed by atoms with Crippen molar-refractivity contribution in [3.63, 3.8) is 0 Å². The van der Waals surface area contributed by atoms with Crippen LogP contribution in [0.1, 0.15) is 27.7 Å². The Morgan fingerprint density at radius 3 is 1.15 bits per heavy atom. The van der Waals surface area contributed by atoms with E-state index in [9.17, 15) is 0 Å². The summed E-state index contributed by atoms with van der Waals surface area (Å²) in [5.41, 5.74) is 5.32. The van der Waals surface area contributed by atoms with Gasteiger partial charge >= 0.3 is 17.4 Å². The molecule has 146 valence electrons. The van der Waals surface area contributed by atoms with Gasteiger partial charge in [-0.15, -0.1) is 13.2 Å². The molecular weight excluding hydrogens is 364 g/mol. The summed E-state index contributed by atoms with van der Waals surface area (Å²) in [7, 11) is -5.34. The molecule has 0 radical (unpaired) electrons. The lowest BCUT2D eigenvalue weighted by atomic mass is 10.3. The summed E-state index contributed by atoms with van der Waals surface area (Å²) in [6, 6.07) is 7.86. The molecule has 1 rings (SSSR count). The number of hydrogen-bond donors (Lipinski definition) is 2. The molecule has 0 bridgehead atoms. The van der Waals surface area contributed by atoms with Crippen LogP contribution in [0.2, 0.25) is 0 Å². The molecule has 6 nitrogen and oxygen atoms in total. The maximum Gasteiger partial charge on any atom is 0.484 e. The highest BCUT2D eigenvalue weighted by Crippen LogP contribution is 2.21. The van der Waals surface area contributed by atoms with Crippen LogP contribution in [-0.2, 0) is 17.7 Å². The van der Waals surface area contributed by atoms with Gasteiger partial charge in [-0.3, -0.25) is 0 Å². The molecule has 0 heterocycles. The number of benzene rings is 1. The standard InChI is InChI=1S/C18H32N2O4Si2/c1-7-21-25(11-5,22-8-2)19-17-13-15-18(16-14-17)20-26(12-6,23-9-3)24-10-4/h11-16,19-20H,5-10H2,1-4H3. The van der Waals surface area contributed by atoms with Crippen molar-refractivity contribution in [1.29, 1.82) is 0 Å². The molecule has 0 spiro atoms. The van der Waals surface area contributed by atoms with Crippen molar-refractivity contribution in [3.8, 4) is 0 Å². The second-order valence-corrected chi connectivity index (χ2v) is 10.4. The highest BCUT2D eigenvalue weighted by molar-refractivity contribution is 6.76. The van der Waals surface area contributed by atoms with Crippen LogP contribution in [-0.4, -0.2) is 43.9 Å². The quantitative estimate of drug-likeness (QED) is 0.464. The van der Waals surface area contributed by atoms with Crippen molar-refractivity contribution >= 4 is 28.8 Å². The van der Waals surface area contributed by atoms with Gasteiger partial charge in [0.25, 0.3) is 0 Å². The second-order valence-electron chi connectivity index (χ2n) is 5.30. The predicted octanol–water partition coefficient (Wildman–Crippen LogP) is 3.98. The van der Waals surface area contributed by atoms with Gasteiger partial charge in [-0.2, -0.15) is 0 Å². The van der Waals surface area contributed by atoms with E-state index in [-0.39, 0.29) is 0 Å². The summed E-state index contributed by atoms with van der Waals surface area (Å²) < 4.78 is 23.4. The average Bonchev–Trinajstić information content (AvgIpc) is 2.64. The van der Waals surface area contributed by atoms with E-state index in [1.165, 1.54) is 0 Å². The summed E-state index contributed by atoms with van der Waals surface area (Å²) in [4.78, 5) is 6.75. The van der Waals surface area contributed by atoms with Crippen molar-refractivity contribution in [2.45, 2.75) is 27.7 Å². The Morgan fingerprint density at radius 2 is 0.962 bits per heavy atom. The fraction of sp³-hybridized carbons (Fsp3) is 0.444. The molecule has 0 aromatic heterocycles. The lowest BCUT2D eigenvalue weighted by Crippen LogP contribution is -2.49. The molecule has 0 aliphatic rings. The average molecular weight is 397 g/mol. The van der Waals surface area contributed by atoms with Crippen molar-refractivity contribution in [2.75, 3.05) is 36.4 Å². The van der Waals surface area contributed by atoms with Gasteiger partial charge in [-0.1, -0.05) is 0 Å². The van der Waals surface area contributed by atoms with E-state index in [2.05, 4.69) is 23.1 Å². The first-order chi connectivity index (χ1) is 12.5. The number of anilines is 2. The van der Waals surface area contributed by atoms with Crippen LogP contribution in [0.25, 0.3) is 0 Å².